The van der Waals surface area contributed by atoms with E-state index in [4.69, 9.17) is 0 Å². The van der Waals surface area contributed by atoms with E-state index in [-0.39, 0.29) is 11.8 Å². The molecule has 2 aliphatic heterocycles. The molecule has 4 rings (SSSR count). The monoisotopic (exact) mass is 394 g/mol. The second-order valence-electron chi connectivity index (χ2n) is 8.22. The van der Waals surface area contributed by atoms with Gasteiger partial charge in [0.25, 0.3) is 0 Å². The predicted molar refractivity (Wildman–Crippen MR) is 112 cm³/mol. The zero-order chi connectivity index (χ0) is 20.2. The number of hydrogen-bond acceptors (Lipinski definition) is 3. The van der Waals surface area contributed by atoms with Gasteiger partial charge in [-0.1, -0.05) is 31.2 Å². The van der Waals surface area contributed by atoms with Crippen LogP contribution in [0.5, 0.6) is 0 Å². The molecule has 154 valence electrons. The Kier molecular flexibility index (Phi) is 5.97. The van der Waals surface area contributed by atoms with Crippen LogP contribution < -0.4 is 0 Å². The van der Waals surface area contributed by atoms with Crippen LogP contribution in [-0.4, -0.2) is 58.0 Å². The van der Waals surface area contributed by atoms with Gasteiger partial charge in [-0.05, 0) is 42.7 Å². The molecule has 0 spiro atoms. The van der Waals surface area contributed by atoms with E-state index in [1.807, 2.05) is 24.2 Å². The number of aromatic nitrogens is 2. The van der Waals surface area contributed by atoms with Crippen LogP contribution in [0.25, 0.3) is 11.1 Å². The van der Waals surface area contributed by atoms with Gasteiger partial charge in [0.05, 0.1) is 6.20 Å². The summed E-state index contributed by atoms with van der Waals surface area (Å²) in [5.74, 6) is 1.10. The number of likely N-dealkylation sites (tertiary alicyclic amines) is 2. The van der Waals surface area contributed by atoms with E-state index in [1.54, 1.807) is 0 Å². The van der Waals surface area contributed by atoms with Crippen LogP contribution in [0.4, 0.5) is 0 Å². The lowest BCUT2D eigenvalue weighted by molar-refractivity contribution is -0.141. The fourth-order valence-corrected chi connectivity index (χ4v) is 4.65. The average molecular weight is 395 g/mol. The molecule has 0 unspecified atom stereocenters. The van der Waals surface area contributed by atoms with E-state index in [9.17, 15) is 9.59 Å². The lowest BCUT2D eigenvalue weighted by atomic mass is 9.87. The summed E-state index contributed by atoms with van der Waals surface area (Å²) in [6.07, 6.45) is 7.94. The third kappa shape index (κ3) is 4.36. The van der Waals surface area contributed by atoms with Gasteiger partial charge in [-0.3, -0.25) is 14.7 Å². The Morgan fingerprint density at radius 1 is 0.966 bits per heavy atom. The Morgan fingerprint density at radius 3 is 2.21 bits per heavy atom. The molecule has 2 aliphatic rings. The molecule has 0 radical (unpaired) electrons. The molecule has 0 saturated carbocycles. The van der Waals surface area contributed by atoms with Gasteiger partial charge >= 0.3 is 0 Å². The number of hydrogen-bond donors (Lipinski definition) is 1. The standard InChI is InChI=1S/C23H30N4O2/c1-2-22(28)26-11-9-20(10-12-26)23(29)27-13-7-19(8-14-27)17-3-5-18(6-4-17)21-15-24-25-16-21/h3-6,15-16,19-20H,2,7-14H2,1H3,(H,24,25). The van der Waals surface area contributed by atoms with Crippen molar-refractivity contribution in [3.05, 3.63) is 42.2 Å². The van der Waals surface area contributed by atoms with E-state index >= 15 is 0 Å². The average Bonchev–Trinajstić information content (AvgIpc) is 3.33. The Balaban J connectivity index is 1.28. The summed E-state index contributed by atoms with van der Waals surface area (Å²) >= 11 is 0. The van der Waals surface area contributed by atoms with E-state index < -0.39 is 0 Å². The number of benzene rings is 1. The molecule has 1 aromatic heterocycles. The molecule has 1 aromatic carbocycles. The summed E-state index contributed by atoms with van der Waals surface area (Å²) in [6, 6.07) is 8.74. The number of nitrogens with one attached hydrogen (secondary N) is 1. The van der Waals surface area contributed by atoms with Crippen molar-refractivity contribution in [1.29, 1.82) is 0 Å². The fourth-order valence-electron chi connectivity index (χ4n) is 4.65. The molecule has 29 heavy (non-hydrogen) atoms. The molecule has 2 saturated heterocycles. The van der Waals surface area contributed by atoms with Crippen LogP contribution in [0.2, 0.25) is 0 Å². The zero-order valence-corrected chi connectivity index (χ0v) is 17.1. The van der Waals surface area contributed by atoms with Crippen molar-refractivity contribution in [1.82, 2.24) is 20.0 Å². The fraction of sp³-hybridized carbons (Fsp3) is 0.522. The minimum Gasteiger partial charge on any atom is -0.343 e. The number of piperidine rings is 2. The van der Waals surface area contributed by atoms with Crippen molar-refractivity contribution >= 4 is 11.8 Å². The lowest BCUT2D eigenvalue weighted by Crippen LogP contribution is -2.46. The minimum atomic E-state index is 0.0849. The normalized spacial score (nSPS) is 18.8. The van der Waals surface area contributed by atoms with Gasteiger partial charge in [0.2, 0.25) is 11.8 Å². The molecule has 3 heterocycles. The summed E-state index contributed by atoms with van der Waals surface area (Å²) < 4.78 is 0. The maximum atomic E-state index is 12.9. The third-order valence-corrected chi connectivity index (χ3v) is 6.52. The molecular weight excluding hydrogens is 364 g/mol. The van der Waals surface area contributed by atoms with Gasteiger partial charge in [-0.2, -0.15) is 5.10 Å². The number of nitrogens with zero attached hydrogens (tertiary/aromatic N) is 3. The molecule has 2 aromatic rings. The topological polar surface area (TPSA) is 69.3 Å². The maximum Gasteiger partial charge on any atom is 0.225 e. The summed E-state index contributed by atoms with van der Waals surface area (Å²) in [7, 11) is 0. The number of H-pyrrole nitrogens is 1. The molecule has 2 amide bonds. The quantitative estimate of drug-likeness (QED) is 0.864. The molecular formula is C23H30N4O2. The number of amides is 2. The third-order valence-electron chi connectivity index (χ3n) is 6.52. The van der Waals surface area contributed by atoms with Crippen molar-refractivity contribution in [3.63, 3.8) is 0 Å². The summed E-state index contributed by atoms with van der Waals surface area (Å²) in [4.78, 5) is 28.7. The van der Waals surface area contributed by atoms with Crippen LogP contribution in [0.15, 0.2) is 36.7 Å². The Hall–Kier alpha value is -2.63. The van der Waals surface area contributed by atoms with Crippen molar-refractivity contribution in [2.24, 2.45) is 5.92 Å². The van der Waals surface area contributed by atoms with E-state index in [2.05, 4.69) is 39.4 Å². The molecule has 6 nitrogen and oxygen atoms in total. The molecule has 6 heteroatoms. The first-order valence-corrected chi connectivity index (χ1v) is 10.8. The number of carbonyl (C=O) groups is 2. The van der Waals surface area contributed by atoms with Crippen molar-refractivity contribution in [2.75, 3.05) is 26.2 Å². The van der Waals surface area contributed by atoms with E-state index in [0.29, 0.717) is 18.2 Å². The summed E-state index contributed by atoms with van der Waals surface area (Å²) in [6.45, 7) is 5.02. The van der Waals surface area contributed by atoms with Gasteiger partial charge in [-0.15, -0.1) is 0 Å². The highest BCUT2D eigenvalue weighted by Gasteiger charge is 2.32. The Morgan fingerprint density at radius 2 is 1.62 bits per heavy atom. The predicted octanol–water partition coefficient (Wildman–Crippen LogP) is 3.43. The van der Waals surface area contributed by atoms with Gasteiger partial charge in [-0.25, -0.2) is 0 Å². The molecule has 0 bridgehead atoms. The van der Waals surface area contributed by atoms with Gasteiger partial charge in [0.15, 0.2) is 0 Å². The van der Waals surface area contributed by atoms with Gasteiger partial charge in [0, 0.05) is 50.3 Å². The zero-order valence-electron chi connectivity index (χ0n) is 17.1. The molecule has 0 atom stereocenters. The second kappa shape index (κ2) is 8.80. The van der Waals surface area contributed by atoms with Crippen LogP contribution in [-0.2, 0) is 9.59 Å². The SMILES string of the molecule is CCC(=O)N1CCC(C(=O)N2CCC(c3ccc(-c4cn[nH]c4)cc3)CC2)CC1. The van der Waals surface area contributed by atoms with Gasteiger partial charge in [0.1, 0.15) is 0 Å². The second-order valence-corrected chi connectivity index (χ2v) is 8.22. The Bertz CT molecular complexity index is 815. The number of rotatable bonds is 4. The lowest BCUT2D eigenvalue weighted by Gasteiger charge is -2.37. The van der Waals surface area contributed by atoms with Crippen molar-refractivity contribution < 1.29 is 9.59 Å². The van der Waals surface area contributed by atoms with Crippen LogP contribution in [0.1, 0.15) is 50.5 Å². The van der Waals surface area contributed by atoms with Crippen LogP contribution in [0, 0.1) is 5.92 Å². The number of aromatic amines is 1. The first-order valence-electron chi connectivity index (χ1n) is 10.8. The highest BCUT2D eigenvalue weighted by molar-refractivity contribution is 5.80. The largest absolute Gasteiger partial charge is 0.343 e. The van der Waals surface area contributed by atoms with Crippen molar-refractivity contribution in [3.8, 4) is 11.1 Å². The maximum absolute atomic E-state index is 12.9. The molecule has 0 aliphatic carbocycles. The molecule has 1 N–H and O–H groups in total. The minimum absolute atomic E-state index is 0.0849. The highest BCUT2D eigenvalue weighted by atomic mass is 16.2. The highest BCUT2D eigenvalue weighted by Crippen LogP contribution is 2.31. The van der Waals surface area contributed by atoms with E-state index in [1.165, 1.54) is 11.1 Å². The van der Waals surface area contributed by atoms with E-state index in [0.717, 1.165) is 57.4 Å². The van der Waals surface area contributed by atoms with Crippen LogP contribution in [0.3, 0.4) is 0 Å². The first-order chi connectivity index (χ1) is 14.2. The van der Waals surface area contributed by atoms with Gasteiger partial charge < -0.3 is 9.80 Å². The summed E-state index contributed by atoms with van der Waals surface area (Å²) in [5, 5.41) is 6.86. The number of carbonyl (C=O) groups excluding carboxylic acids is 2. The smallest absolute Gasteiger partial charge is 0.225 e. The Labute approximate surface area is 172 Å². The first kappa shape index (κ1) is 19.7. The van der Waals surface area contributed by atoms with Crippen LogP contribution >= 0.6 is 0 Å². The summed E-state index contributed by atoms with van der Waals surface area (Å²) in [5.41, 5.74) is 3.63. The molecule has 2 fully saturated rings. The van der Waals surface area contributed by atoms with Crippen molar-refractivity contribution in [2.45, 2.75) is 44.9 Å².